The van der Waals surface area contributed by atoms with Gasteiger partial charge in [-0.15, -0.1) is 0 Å². The van der Waals surface area contributed by atoms with Crippen LogP contribution in [-0.4, -0.2) is 36.5 Å². The number of hydrogen-bond acceptors (Lipinski definition) is 4. The van der Waals surface area contributed by atoms with E-state index in [1.807, 2.05) is 19.9 Å². The van der Waals surface area contributed by atoms with E-state index in [-0.39, 0.29) is 11.9 Å². The van der Waals surface area contributed by atoms with E-state index in [1.165, 1.54) is 5.56 Å². The molecule has 2 heterocycles. The Morgan fingerprint density at radius 1 is 1.30 bits per heavy atom. The van der Waals surface area contributed by atoms with Gasteiger partial charge in [-0.2, -0.15) is 5.26 Å². The van der Waals surface area contributed by atoms with E-state index < -0.39 is 5.41 Å². The van der Waals surface area contributed by atoms with Gasteiger partial charge < -0.3 is 9.47 Å². The molecule has 0 saturated carbocycles. The molecular formula is C19H26N2O2. The van der Waals surface area contributed by atoms with Gasteiger partial charge in [-0.25, -0.2) is 0 Å². The molecule has 2 fully saturated rings. The quantitative estimate of drug-likeness (QED) is 0.859. The summed E-state index contributed by atoms with van der Waals surface area (Å²) in [6.07, 6.45) is 2.04. The molecule has 0 bridgehead atoms. The van der Waals surface area contributed by atoms with Gasteiger partial charge >= 0.3 is 0 Å². The molecule has 124 valence electrons. The molecule has 0 unspecified atom stereocenters. The van der Waals surface area contributed by atoms with E-state index in [4.69, 9.17) is 9.47 Å². The summed E-state index contributed by atoms with van der Waals surface area (Å²) in [5, 5.41) is 9.45. The van der Waals surface area contributed by atoms with Crippen LogP contribution in [0.5, 0.6) is 0 Å². The number of nitrogens with zero attached hydrogens (tertiary/aromatic N) is 2. The van der Waals surface area contributed by atoms with Crippen LogP contribution in [0.3, 0.4) is 0 Å². The van der Waals surface area contributed by atoms with E-state index in [0.717, 1.165) is 38.0 Å². The Balaban J connectivity index is 1.67. The zero-order valence-corrected chi connectivity index (χ0v) is 14.3. The van der Waals surface area contributed by atoms with Crippen LogP contribution in [0.1, 0.15) is 44.7 Å². The van der Waals surface area contributed by atoms with Crippen LogP contribution < -0.4 is 0 Å². The summed E-state index contributed by atoms with van der Waals surface area (Å²) in [7, 11) is 0. The van der Waals surface area contributed by atoms with Crippen molar-refractivity contribution in [2.45, 2.75) is 57.5 Å². The van der Waals surface area contributed by atoms with E-state index in [1.54, 1.807) is 0 Å². The third-order valence-corrected chi connectivity index (χ3v) is 4.98. The van der Waals surface area contributed by atoms with Crippen molar-refractivity contribution in [2.75, 3.05) is 19.7 Å². The first kappa shape index (κ1) is 16.4. The highest BCUT2D eigenvalue weighted by atomic mass is 16.7. The maximum Gasteiger partial charge on any atom is 0.171 e. The minimum Gasteiger partial charge on any atom is -0.347 e. The third kappa shape index (κ3) is 3.42. The van der Waals surface area contributed by atoms with Gasteiger partial charge in [-0.05, 0) is 31.9 Å². The van der Waals surface area contributed by atoms with Crippen LogP contribution in [0, 0.1) is 11.3 Å². The maximum absolute atomic E-state index is 9.45. The second kappa shape index (κ2) is 6.24. The largest absolute Gasteiger partial charge is 0.347 e. The Labute approximate surface area is 139 Å². The Hall–Kier alpha value is -1.41. The molecule has 0 amide bonds. The SMILES string of the molecule is C[C@H]1COC2(CCN(Cc3ccccc3C(C)(C)C#N)CC2)O1. The van der Waals surface area contributed by atoms with Crippen molar-refractivity contribution in [3.05, 3.63) is 35.4 Å². The van der Waals surface area contributed by atoms with E-state index in [0.29, 0.717) is 6.61 Å². The molecular weight excluding hydrogens is 288 g/mol. The van der Waals surface area contributed by atoms with Gasteiger partial charge in [0.1, 0.15) is 0 Å². The van der Waals surface area contributed by atoms with Crippen LogP contribution in [0.25, 0.3) is 0 Å². The van der Waals surface area contributed by atoms with Gasteiger partial charge in [0.05, 0.1) is 24.2 Å². The summed E-state index contributed by atoms with van der Waals surface area (Å²) in [5.74, 6) is -0.346. The van der Waals surface area contributed by atoms with Gasteiger partial charge in [-0.3, -0.25) is 4.90 Å². The molecule has 0 N–H and O–H groups in total. The predicted octanol–water partition coefficient (Wildman–Crippen LogP) is 3.22. The highest BCUT2D eigenvalue weighted by molar-refractivity contribution is 5.37. The summed E-state index contributed by atoms with van der Waals surface area (Å²) in [6.45, 7) is 9.56. The Morgan fingerprint density at radius 3 is 2.61 bits per heavy atom. The van der Waals surface area contributed by atoms with E-state index in [2.05, 4.69) is 36.1 Å². The fourth-order valence-electron chi connectivity index (χ4n) is 3.59. The lowest BCUT2D eigenvalue weighted by Gasteiger charge is -2.38. The van der Waals surface area contributed by atoms with E-state index in [9.17, 15) is 5.26 Å². The normalized spacial score (nSPS) is 24.7. The second-order valence-corrected chi connectivity index (χ2v) is 7.32. The zero-order chi connectivity index (χ0) is 16.5. The highest BCUT2D eigenvalue weighted by Gasteiger charge is 2.42. The average molecular weight is 314 g/mol. The van der Waals surface area contributed by atoms with Crippen LogP contribution in [-0.2, 0) is 21.4 Å². The van der Waals surface area contributed by atoms with Gasteiger partial charge in [0, 0.05) is 32.5 Å². The molecule has 2 saturated heterocycles. The fourth-order valence-corrected chi connectivity index (χ4v) is 3.59. The number of likely N-dealkylation sites (tertiary alicyclic amines) is 1. The monoisotopic (exact) mass is 314 g/mol. The maximum atomic E-state index is 9.45. The Bertz CT molecular complexity index is 598. The third-order valence-electron chi connectivity index (χ3n) is 4.98. The molecule has 1 spiro atoms. The lowest BCUT2D eigenvalue weighted by atomic mass is 9.83. The minimum atomic E-state index is -0.458. The first-order valence-corrected chi connectivity index (χ1v) is 8.48. The summed E-state index contributed by atoms with van der Waals surface area (Å²) in [4.78, 5) is 2.44. The highest BCUT2D eigenvalue weighted by Crippen LogP contribution is 2.35. The van der Waals surface area contributed by atoms with Crippen LogP contribution in [0.2, 0.25) is 0 Å². The molecule has 2 aliphatic heterocycles. The van der Waals surface area contributed by atoms with Crippen molar-refractivity contribution in [3.63, 3.8) is 0 Å². The summed E-state index contributed by atoms with van der Waals surface area (Å²) in [5.41, 5.74) is 1.92. The van der Waals surface area contributed by atoms with Crippen molar-refractivity contribution in [3.8, 4) is 6.07 Å². The Kier molecular flexibility index (Phi) is 4.46. The van der Waals surface area contributed by atoms with Gasteiger partial charge in [0.25, 0.3) is 0 Å². The number of ether oxygens (including phenoxy) is 2. The molecule has 0 aromatic heterocycles. The molecule has 2 aliphatic rings. The van der Waals surface area contributed by atoms with Crippen molar-refractivity contribution in [2.24, 2.45) is 0 Å². The lowest BCUT2D eigenvalue weighted by Crippen LogP contribution is -2.45. The van der Waals surface area contributed by atoms with Crippen LogP contribution in [0.15, 0.2) is 24.3 Å². The van der Waals surface area contributed by atoms with Crippen LogP contribution in [0.4, 0.5) is 0 Å². The van der Waals surface area contributed by atoms with Crippen molar-refractivity contribution >= 4 is 0 Å². The van der Waals surface area contributed by atoms with Gasteiger partial charge in [-0.1, -0.05) is 24.3 Å². The predicted molar refractivity (Wildman–Crippen MR) is 88.8 cm³/mol. The number of hydrogen-bond donors (Lipinski definition) is 0. The molecule has 4 heteroatoms. The van der Waals surface area contributed by atoms with Crippen LogP contribution >= 0.6 is 0 Å². The fraction of sp³-hybridized carbons (Fsp3) is 0.632. The van der Waals surface area contributed by atoms with Gasteiger partial charge in [0.2, 0.25) is 0 Å². The smallest absolute Gasteiger partial charge is 0.171 e. The van der Waals surface area contributed by atoms with Gasteiger partial charge in [0.15, 0.2) is 5.79 Å². The Morgan fingerprint density at radius 2 is 2.00 bits per heavy atom. The number of piperidine rings is 1. The topological polar surface area (TPSA) is 45.5 Å². The first-order valence-electron chi connectivity index (χ1n) is 8.48. The zero-order valence-electron chi connectivity index (χ0n) is 14.3. The number of rotatable bonds is 3. The molecule has 0 aliphatic carbocycles. The van der Waals surface area contributed by atoms with Crippen molar-refractivity contribution in [1.29, 1.82) is 5.26 Å². The molecule has 0 radical (unpaired) electrons. The molecule has 1 atom stereocenters. The summed E-state index contributed by atoms with van der Waals surface area (Å²) < 4.78 is 11.9. The molecule has 1 aromatic carbocycles. The van der Waals surface area contributed by atoms with Crippen molar-refractivity contribution in [1.82, 2.24) is 4.90 Å². The molecule has 3 rings (SSSR count). The minimum absolute atomic E-state index is 0.207. The molecule has 1 aromatic rings. The average Bonchev–Trinajstić information content (AvgIpc) is 2.91. The lowest BCUT2D eigenvalue weighted by molar-refractivity contribution is -0.194. The molecule has 4 nitrogen and oxygen atoms in total. The summed E-state index contributed by atoms with van der Waals surface area (Å²) in [6, 6.07) is 10.7. The van der Waals surface area contributed by atoms with E-state index >= 15 is 0 Å². The number of nitriles is 1. The standard InChI is InChI=1S/C19H26N2O2/c1-15-13-22-19(23-15)8-10-21(11-9-19)12-16-6-4-5-7-17(16)18(2,3)14-20/h4-7,15H,8-13H2,1-3H3/t15-/m0/s1. The number of benzene rings is 1. The van der Waals surface area contributed by atoms with Crippen molar-refractivity contribution < 1.29 is 9.47 Å². The first-order chi connectivity index (χ1) is 10.9. The second-order valence-electron chi connectivity index (χ2n) is 7.32. The molecule has 23 heavy (non-hydrogen) atoms. The summed E-state index contributed by atoms with van der Waals surface area (Å²) >= 11 is 0.